The van der Waals surface area contributed by atoms with Crippen molar-refractivity contribution in [1.82, 2.24) is 6.15 Å². The average molecular weight is 151 g/mol. The normalized spacial score (nSPS) is 1.14. The van der Waals surface area contributed by atoms with Gasteiger partial charge in [-0.1, -0.05) is 7.43 Å². The Labute approximate surface area is 72.4 Å². The van der Waals surface area contributed by atoms with Crippen molar-refractivity contribution in [2.45, 2.75) is 7.43 Å². The van der Waals surface area contributed by atoms with Crippen molar-refractivity contribution in [2.75, 3.05) is 0 Å². The fraction of sp³-hybridized carbons (Fsp3) is 1.00. The zero-order valence-electron chi connectivity index (χ0n) is 3.49. The molecule has 6 N–H and O–H groups in total. The summed E-state index contributed by atoms with van der Waals surface area (Å²) in [5, 5.41) is 0. The van der Waals surface area contributed by atoms with Crippen LogP contribution < -0.4 is 10.9 Å². The average Bonchev–Trinajstić information content (AvgIpc) is 1.50. The van der Waals surface area contributed by atoms with Crippen LogP contribution >= 0.6 is 0 Å². The SMILES string of the molecule is C.N.[AlH3].[NH2][AlH2].[NH]=[AlH]. The number of hydrogen-bond donors (Lipinski definition) is 3. The van der Waals surface area contributed by atoms with Crippen molar-refractivity contribution in [2.24, 2.45) is 4.72 Å². The van der Waals surface area contributed by atoms with Crippen LogP contribution in [0.4, 0.5) is 0 Å². The van der Waals surface area contributed by atoms with Crippen molar-refractivity contribution >= 4 is 50.0 Å². The molecule has 3 nitrogen and oxygen atoms in total. The molecule has 0 heterocycles. The summed E-state index contributed by atoms with van der Waals surface area (Å²) in [6.45, 7) is 0. The number of hydrogen-bond acceptors (Lipinski definition) is 3. The van der Waals surface area contributed by atoms with Crippen LogP contribution in [-0.2, 0) is 0 Å². The Balaban J connectivity index is -0.00000000267. The second-order valence-corrected chi connectivity index (χ2v) is 0. The van der Waals surface area contributed by atoms with Gasteiger partial charge in [-0.15, -0.1) is 0 Å². The van der Waals surface area contributed by atoms with Gasteiger partial charge < -0.3 is 10.9 Å². The molecule has 6 heteroatoms. The van der Waals surface area contributed by atoms with Gasteiger partial charge in [0.1, 0.15) is 0 Å². The number of rotatable bonds is 0. The van der Waals surface area contributed by atoms with Gasteiger partial charge in [0.25, 0.3) is 0 Å². The maximum absolute atomic E-state index is 5.78. The van der Waals surface area contributed by atoms with E-state index in [4.69, 9.17) is 4.35 Å². The first kappa shape index (κ1) is 40.5. The van der Waals surface area contributed by atoms with Crippen LogP contribution in [0.15, 0.2) is 0 Å². The molecule has 0 spiro atoms. The number of nitrogens with one attached hydrogen (secondary N) is 1. The van der Waals surface area contributed by atoms with E-state index in [1.807, 2.05) is 0 Å². The van der Waals surface area contributed by atoms with E-state index in [9.17, 15) is 0 Å². The Kier molecular flexibility index (Phi) is 973. The first-order valence-corrected chi connectivity index (χ1v) is 2.79. The molecule has 0 aliphatic rings. The van der Waals surface area contributed by atoms with E-state index in [2.05, 4.69) is 4.72 Å². The molecule has 0 amide bonds. The van der Waals surface area contributed by atoms with Crippen molar-refractivity contribution in [3.05, 3.63) is 0 Å². The molecule has 7 heavy (non-hydrogen) atoms. The molecule has 0 saturated heterocycles. The summed E-state index contributed by atoms with van der Waals surface area (Å²) >= 11 is 1.92. The van der Waals surface area contributed by atoms with E-state index in [0.29, 0.717) is 0 Å². The molecular formula is CH16Al3N3. The summed E-state index contributed by atoms with van der Waals surface area (Å²) in [6, 6.07) is 0. The summed E-state index contributed by atoms with van der Waals surface area (Å²) in [6.07, 6.45) is 0. The van der Waals surface area contributed by atoms with Crippen LogP contribution in [0, 0.1) is 4.35 Å². The predicted octanol–water partition coefficient (Wildman–Crippen LogP) is -2.24. The molecule has 0 aliphatic heterocycles. The molecule has 0 atom stereocenters. The monoisotopic (exact) mass is 151 g/mol. The van der Waals surface area contributed by atoms with Gasteiger partial charge in [-0.2, -0.15) is 0 Å². The second-order valence-electron chi connectivity index (χ2n) is 0. The maximum atomic E-state index is 5.78. The Morgan fingerprint density at radius 1 is 1.29 bits per heavy atom. The van der Waals surface area contributed by atoms with Crippen LogP contribution in [-0.4, -0.2) is 50.0 Å². The van der Waals surface area contributed by atoms with Gasteiger partial charge >= 0.3 is 37.0 Å². The van der Waals surface area contributed by atoms with Gasteiger partial charge in [-0.25, -0.2) is 0 Å². The van der Waals surface area contributed by atoms with Crippen LogP contribution in [0.5, 0.6) is 0 Å². The third-order valence-corrected chi connectivity index (χ3v) is 0. The van der Waals surface area contributed by atoms with Crippen molar-refractivity contribution in [3.63, 3.8) is 0 Å². The van der Waals surface area contributed by atoms with Crippen molar-refractivity contribution in [3.8, 4) is 0 Å². The van der Waals surface area contributed by atoms with Crippen LogP contribution in [0.1, 0.15) is 7.43 Å². The van der Waals surface area contributed by atoms with Gasteiger partial charge in [-0.3, -0.25) is 0 Å². The Morgan fingerprint density at radius 2 is 1.29 bits per heavy atom. The molecular weight excluding hydrogens is 135 g/mol. The second kappa shape index (κ2) is 168. The first-order chi connectivity index (χ1) is 2.00. The minimum absolute atomic E-state index is 0. The van der Waals surface area contributed by atoms with Crippen LogP contribution in [0.2, 0.25) is 0 Å². The molecule has 0 radical (unpaired) electrons. The zero-order valence-corrected chi connectivity index (χ0v) is 6.91. The van der Waals surface area contributed by atoms with Gasteiger partial charge in [0.15, 0.2) is 17.4 Å². The summed E-state index contributed by atoms with van der Waals surface area (Å²) in [7, 11) is 0. The molecule has 0 saturated carbocycles. The zero-order chi connectivity index (χ0) is 4.00. The molecule has 0 aromatic rings. The van der Waals surface area contributed by atoms with Gasteiger partial charge in [0.05, 0.1) is 0 Å². The molecule has 0 aromatic heterocycles. The van der Waals surface area contributed by atoms with Crippen LogP contribution in [0.3, 0.4) is 0 Å². The van der Waals surface area contributed by atoms with Gasteiger partial charge in [0.2, 0.25) is 0 Å². The van der Waals surface area contributed by atoms with E-state index in [1.165, 1.54) is 0 Å². The van der Waals surface area contributed by atoms with Crippen molar-refractivity contribution in [1.29, 1.82) is 4.35 Å². The Bertz CT molecular complexity index is 10.1. The van der Waals surface area contributed by atoms with E-state index in [-0.39, 0.29) is 30.9 Å². The van der Waals surface area contributed by atoms with Crippen molar-refractivity contribution < 1.29 is 0 Å². The Morgan fingerprint density at radius 3 is 1.29 bits per heavy atom. The molecule has 0 aromatic carbocycles. The van der Waals surface area contributed by atoms with Crippen LogP contribution in [0.25, 0.3) is 0 Å². The van der Waals surface area contributed by atoms with E-state index < -0.39 is 0 Å². The fourth-order valence-corrected chi connectivity index (χ4v) is 0. The first-order valence-electron chi connectivity index (χ1n) is 0.931. The summed E-state index contributed by atoms with van der Waals surface area (Å²) in [4.78, 5) is 0. The third-order valence-electron chi connectivity index (χ3n) is 0. The van der Waals surface area contributed by atoms with E-state index >= 15 is 0 Å². The van der Waals surface area contributed by atoms with E-state index in [1.54, 1.807) is 0 Å². The summed E-state index contributed by atoms with van der Waals surface area (Å²) in [5.41, 5.74) is 0. The van der Waals surface area contributed by atoms with Gasteiger partial charge in [-0.05, 0) is 0 Å². The fourth-order valence-electron chi connectivity index (χ4n) is 0. The summed E-state index contributed by atoms with van der Waals surface area (Å²) < 4.78 is 10.4. The minimum atomic E-state index is 0. The molecule has 0 unspecified atom stereocenters. The standard InChI is InChI=1S/CH4.3Al.H3N.H2N.HN.6H/h1H4;;;;1H3;1H2;1H;;;;;;/q;;;+1;;-1;;;;;;;. The molecule has 44 valence electrons. The predicted molar refractivity (Wildman–Crippen MR) is 44.3 cm³/mol. The number of nitrogens with two attached hydrogens (primary N) is 1. The molecule has 0 bridgehead atoms. The molecule has 0 fully saturated rings. The topological polar surface area (TPSA) is 84.9 Å². The molecule has 0 rings (SSSR count). The molecule has 0 aliphatic carbocycles. The third kappa shape index (κ3) is 119. The van der Waals surface area contributed by atoms with E-state index in [0.717, 1.165) is 32.6 Å². The Hall–Kier alpha value is 1.32. The van der Waals surface area contributed by atoms with Gasteiger partial charge in [0, 0.05) is 0 Å². The quantitative estimate of drug-likeness (QED) is 0.342. The summed E-state index contributed by atoms with van der Waals surface area (Å²) in [5.74, 6) is 0.